The third-order valence-corrected chi connectivity index (χ3v) is 1.49. The Labute approximate surface area is 57.7 Å². The largest absolute Gasteiger partial charge is 0.515 e. The van der Waals surface area contributed by atoms with Gasteiger partial charge in [0, 0.05) is 13.1 Å². The molecule has 0 aromatic rings. The highest BCUT2D eigenvalue weighted by atomic mass is 28.2. The van der Waals surface area contributed by atoms with E-state index < -0.39 is 0 Å². The molecular weight excluding hydrogens is 134 g/mol. The van der Waals surface area contributed by atoms with Crippen molar-refractivity contribution < 1.29 is 9.22 Å². The van der Waals surface area contributed by atoms with E-state index in [0.29, 0.717) is 0 Å². The Morgan fingerprint density at radius 2 is 2.44 bits per heavy atom. The molecule has 9 heavy (non-hydrogen) atoms. The minimum Gasteiger partial charge on any atom is -0.515 e. The number of carbonyl (C=O) groups excluding carboxylic acids is 1. The van der Waals surface area contributed by atoms with Crippen molar-refractivity contribution in [1.29, 1.82) is 0 Å². The molecule has 0 spiro atoms. The molecule has 0 fully saturated rings. The zero-order valence-corrected chi connectivity index (χ0v) is 6.73. The summed E-state index contributed by atoms with van der Waals surface area (Å²) in [6.45, 7) is 4.35. The van der Waals surface area contributed by atoms with E-state index in [2.05, 4.69) is 9.74 Å². The van der Waals surface area contributed by atoms with Crippen LogP contribution in [0.5, 0.6) is 0 Å². The van der Waals surface area contributed by atoms with Gasteiger partial charge in [-0.05, 0) is 6.54 Å². The Balaban J connectivity index is 2.83. The first kappa shape index (κ1) is 8.65. The first-order chi connectivity index (χ1) is 4.27. The minimum atomic E-state index is -0.203. The van der Waals surface area contributed by atoms with Crippen molar-refractivity contribution >= 4 is 15.7 Å². The number of hydrogen-bond donors (Lipinski definition) is 1. The molecule has 0 aromatic heterocycles. The maximum atomic E-state index is 10.2. The van der Waals surface area contributed by atoms with Gasteiger partial charge in [-0.1, -0.05) is 6.92 Å². The smallest absolute Gasteiger partial charge is 0.330 e. The standard InChI is InChI=1S/C5H11NO2Si/c1-3-6-4-9-8-5(2)7/h6H,3-4H2,1-2H3. The van der Waals surface area contributed by atoms with Gasteiger partial charge in [0.1, 0.15) is 0 Å². The quantitative estimate of drug-likeness (QED) is 0.437. The lowest BCUT2D eigenvalue weighted by Gasteiger charge is -1.98. The molecule has 0 rings (SSSR count). The van der Waals surface area contributed by atoms with Gasteiger partial charge in [0.05, 0.1) is 0 Å². The second kappa shape index (κ2) is 5.78. The number of rotatable bonds is 4. The van der Waals surface area contributed by atoms with Gasteiger partial charge in [0.2, 0.25) is 0 Å². The predicted molar refractivity (Wildman–Crippen MR) is 36.1 cm³/mol. The highest BCUT2D eigenvalue weighted by Gasteiger charge is 1.92. The molecule has 0 amide bonds. The zero-order valence-electron chi connectivity index (χ0n) is 5.73. The van der Waals surface area contributed by atoms with Gasteiger partial charge in [-0.25, -0.2) is 0 Å². The summed E-state index contributed by atoms with van der Waals surface area (Å²) in [6, 6.07) is 0. The summed E-state index contributed by atoms with van der Waals surface area (Å²) in [5.41, 5.74) is 0. The van der Waals surface area contributed by atoms with Crippen LogP contribution in [0.15, 0.2) is 0 Å². The fourth-order valence-corrected chi connectivity index (χ4v) is 0.941. The Kier molecular flexibility index (Phi) is 5.55. The molecule has 0 bridgehead atoms. The van der Waals surface area contributed by atoms with Crippen molar-refractivity contribution in [3.8, 4) is 0 Å². The van der Waals surface area contributed by atoms with Crippen molar-refractivity contribution in [2.75, 3.05) is 12.7 Å². The normalized spacial score (nSPS) is 9.11. The SMILES string of the molecule is CCNC[Si]OC(C)=O. The molecule has 1 N–H and O–H groups in total. The fourth-order valence-electron chi connectivity index (χ4n) is 0.314. The molecule has 0 heterocycles. The van der Waals surface area contributed by atoms with Crippen LogP contribution in [0.4, 0.5) is 0 Å². The highest BCUT2D eigenvalue weighted by molar-refractivity contribution is 6.30. The van der Waals surface area contributed by atoms with E-state index in [4.69, 9.17) is 0 Å². The monoisotopic (exact) mass is 145 g/mol. The summed E-state index contributed by atoms with van der Waals surface area (Å²) in [7, 11) is 0.259. The van der Waals surface area contributed by atoms with Crippen molar-refractivity contribution in [2.24, 2.45) is 0 Å². The summed E-state index contributed by atoms with van der Waals surface area (Å²) >= 11 is 0. The van der Waals surface area contributed by atoms with Crippen LogP contribution in [0.2, 0.25) is 0 Å². The second-order valence-electron chi connectivity index (χ2n) is 1.52. The summed E-state index contributed by atoms with van der Waals surface area (Å²) in [5, 5.41) is 3.04. The van der Waals surface area contributed by atoms with Gasteiger partial charge < -0.3 is 9.74 Å². The third kappa shape index (κ3) is 7.65. The Hall–Kier alpha value is -0.353. The predicted octanol–water partition coefficient (Wildman–Crippen LogP) is -0.264. The summed E-state index contributed by atoms with van der Waals surface area (Å²) in [6.07, 6.45) is 0.774. The number of hydrogen-bond acceptors (Lipinski definition) is 3. The fraction of sp³-hybridized carbons (Fsp3) is 0.800. The lowest BCUT2D eigenvalue weighted by molar-refractivity contribution is -0.131. The topological polar surface area (TPSA) is 38.3 Å². The molecule has 0 aliphatic heterocycles. The average molecular weight is 145 g/mol. The van der Waals surface area contributed by atoms with E-state index in [1.165, 1.54) is 6.92 Å². The molecule has 4 heteroatoms. The molecule has 52 valence electrons. The van der Waals surface area contributed by atoms with E-state index in [-0.39, 0.29) is 15.7 Å². The molecule has 0 unspecified atom stereocenters. The molecule has 2 radical (unpaired) electrons. The van der Waals surface area contributed by atoms with Crippen molar-refractivity contribution in [2.45, 2.75) is 13.8 Å². The van der Waals surface area contributed by atoms with E-state index in [1.54, 1.807) is 0 Å². The molecule has 0 aliphatic rings. The van der Waals surface area contributed by atoms with Crippen LogP contribution >= 0.6 is 0 Å². The van der Waals surface area contributed by atoms with E-state index >= 15 is 0 Å². The number of nitrogens with one attached hydrogen (secondary N) is 1. The van der Waals surface area contributed by atoms with Gasteiger partial charge in [-0.2, -0.15) is 0 Å². The maximum Gasteiger partial charge on any atom is 0.330 e. The highest BCUT2D eigenvalue weighted by Crippen LogP contribution is 1.69. The zero-order chi connectivity index (χ0) is 7.11. The van der Waals surface area contributed by atoms with Crippen LogP contribution in [0.25, 0.3) is 0 Å². The molecule has 0 saturated carbocycles. The molecule has 0 aliphatic carbocycles. The van der Waals surface area contributed by atoms with Gasteiger partial charge in [-0.15, -0.1) is 0 Å². The average Bonchev–Trinajstić information content (AvgIpc) is 1.80. The van der Waals surface area contributed by atoms with Gasteiger partial charge >= 0.3 is 9.76 Å². The Morgan fingerprint density at radius 3 is 2.89 bits per heavy atom. The lowest BCUT2D eigenvalue weighted by Crippen LogP contribution is -2.22. The van der Waals surface area contributed by atoms with Crippen LogP contribution in [0.1, 0.15) is 13.8 Å². The summed E-state index contributed by atoms with van der Waals surface area (Å²) in [5.74, 6) is -0.203. The third-order valence-electron chi connectivity index (χ3n) is 0.663. The van der Waals surface area contributed by atoms with Crippen LogP contribution in [-0.2, 0) is 9.22 Å². The Bertz CT molecular complexity index is 87.0. The van der Waals surface area contributed by atoms with Crippen LogP contribution < -0.4 is 5.32 Å². The van der Waals surface area contributed by atoms with Crippen molar-refractivity contribution in [3.63, 3.8) is 0 Å². The van der Waals surface area contributed by atoms with Crippen LogP contribution in [0.3, 0.4) is 0 Å². The van der Waals surface area contributed by atoms with E-state index in [9.17, 15) is 4.79 Å². The van der Waals surface area contributed by atoms with Crippen molar-refractivity contribution in [1.82, 2.24) is 5.32 Å². The van der Waals surface area contributed by atoms with E-state index in [1.807, 2.05) is 6.92 Å². The number of carbonyl (C=O) groups is 1. The molecular formula is C5H11NO2Si. The first-order valence-electron chi connectivity index (χ1n) is 2.88. The molecule has 0 aromatic carbocycles. The van der Waals surface area contributed by atoms with Crippen LogP contribution in [0, 0.1) is 0 Å². The summed E-state index contributed by atoms with van der Waals surface area (Å²) < 4.78 is 4.67. The Morgan fingerprint density at radius 1 is 1.78 bits per heavy atom. The van der Waals surface area contributed by atoms with Crippen molar-refractivity contribution in [3.05, 3.63) is 0 Å². The molecule has 0 atom stereocenters. The van der Waals surface area contributed by atoms with Gasteiger partial charge in [0.15, 0.2) is 0 Å². The maximum absolute atomic E-state index is 10.2. The molecule has 3 nitrogen and oxygen atoms in total. The first-order valence-corrected chi connectivity index (χ1v) is 4.00. The van der Waals surface area contributed by atoms with E-state index in [0.717, 1.165) is 12.7 Å². The van der Waals surface area contributed by atoms with Gasteiger partial charge in [-0.3, -0.25) is 4.79 Å². The lowest BCUT2D eigenvalue weighted by atomic mass is 10.8. The van der Waals surface area contributed by atoms with Crippen LogP contribution in [-0.4, -0.2) is 28.4 Å². The minimum absolute atomic E-state index is 0.203. The molecule has 0 saturated heterocycles. The van der Waals surface area contributed by atoms with Gasteiger partial charge in [0.25, 0.3) is 5.97 Å². The second-order valence-corrected chi connectivity index (χ2v) is 2.36. The summed E-state index contributed by atoms with van der Waals surface area (Å²) in [4.78, 5) is 10.2.